The second-order valence-corrected chi connectivity index (χ2v) is 5.24. The Hall–Kier alpha value is -1.26. The molecule has 0 fully saturated rings. The molecule has 0 amide bonds. The molecule has 18 heavy (non-hydrogen) atoms. The lowest BCUT2D eigenvalue weighted by Gasteiger charge is -2.16. The fraction of sp³-hybridized carbons (Fsp3) is 0.357. The van der Waals surface area contributed by atoms with Crippen molar-refractivity contribution in [2.24, 2.45) is 0 Å². The molecule has 0 saturated carbocycles. The maximum Gasteiger partial charge on any atom is 0.146 e. The average molecular weight is 264 g/mol. The van der Waals surface area contributed by atoms with Crippen LogP contribution in [-0.2, 0) is 6.42 Å². The summed E-state index contributed by atoms with van der Waals surface area (Å²) in [6, 6.07) is 6.03. The molecule has 0 aliphatic heterocycles. The summed E-state index contributed by atoms with van der Waals surface area (Å²) in [6.45, 7) is 0. The summed E-state index contributed by atoms with van der Waals surface area (Å²) < 4.78 is 13.6. The highest BCUT2D eigenvalue weighted by Crippen LogP contribution is 2.22. The van der Waals surface area contributed by atoms with Gasteiger partial charge >= 0.3 is 0 Å². The first-order valence-corrected chi connectivity index (χ1v) is 6.98. The van der Waals surface area contributed by atoms with Crippen LogP contribution in [0.1, 0.15) is 29.3 Å². The molecular weight excluding hydrogens is 247 g/mol. The van der Waals surface area contributed by atoms with Crippen molar-refractivity contribution < 1.29 is 4.39 Å². The van der Waals surface area contributed by atoms with Gasteiger partial charge in [-0.25, -0.2) is 4.39 Å². The summed E-state index contributed by atoms with van der Waals surface area (Å²) in [7, 11) is 1.87. The first-order valence-electron chi connectivity index (χ1n) is 6.10. The highest BCUT2D eigenvalue weighted by molar-refractivity contribution is 7.09. The van der Waals surface area contributed by atoms with Crippen LogP contribution in [0.2, 0.25) is 0 Å². The Morgan fingerprint density at radius 3 is 3.00 bits per heavy atom. The highest BCUT2D eigenvalue weighted by atomic mass is 32.1. The standard InChI is InChI=1S/C14H17FN2S/c1-16-14(12-7-8-17-10-13(12)15)6-2-4-11-5-3-9-18-11/h3,5,7-10,14,16H,2,4,6H2,1H3. The molecule has 2 aromatic heterocycles. The molecule has 0 radical (unpaired) electrons. The number of thiophene rings is 1. The quantitative estimate of drug-likeness (QED) is 0.863. The van der Waals surface area contributed by atoms with Crippen LogP contribution in [0, 0.1) is 5.82 Å². The Labute approximate surface area is 111 Å². The van der Waals surface area contributed by atoms with Crippen LogP contribution in [-0.4, -0.2) is 12.0 Å². The molecule has 0 aliphatic rings. The van der Waals surface area contributed by atoms with Gasteiger partial charge in [-0.3, -0.25) is 4.98 Å². The minimum atomic E-state index is -0.229. The number of aromatic nitrogens is 1. The predicted octanol–water partition coefficient (Wildman–Crippen LogP) is 3.57. The number of hydrogen-bond acceptors (Lipinski definition) is 3. The molecule has 1 N–H and O–H groups in total. The van der Waals surface area contributed by atoms with Crippen LogP contribution < -0.4 is 5.32 Å². The highest BCUT2D eigenvalue weighted by Gasteiger charge is 2.13. The van der Waals surface area contributed by atoms with Gasteiger partial charge in [0.2, 0.25) is 0 Å². The lowest BCUT2D eigenvalue weighted by molar-refractivity contribution is 0.493. The first kappa shape index (κ1) is 13.2. The molecule has 0 bridgehead atoms. The van der Waals surface area contributed by atoms with Crippen molar-refractivity contribution in [3.8, 4) is 0 Å². The Morgan fingerprint density at radius 2 is 2.33 bits per heavy atom. The number of rotatable bonds is 6. The van der Waals surface area contributed by atoms with E-state index >= 15 is 0 Å². The second kappa shape index (κ2) is 6.61. The van der Waals surface area contributed by atoms with Crippen LogP contribution in [0.5, 0.6) is 0 Å². The molecule has 0 saturated heterocycles. The van der Waals surface area contributed by atoms with Gasteiger partial charge < -0.3 is 5.32 Å². The number of halogens is 1. The van der Waals surface area contributed by atoms with Gasteiger partial charge in [-0.2, -0.15) is 0 Å². The van der Waals surface area contributed by atoms with Gasteiger partial charge in [0.1, 0.15) is 5.82 Å². The third-order valence-electron chi connectivity index (χ3n) is 3.02. The van der Waals surface area contributed by atoms with E-state index in [0.29, 0.717) is 5.56 Å². The van der Waals surface area contributed by atoms with Crippen LogP contribution in [0.4, 0.5) is 4.39 Å². The van der Waals surface area contributed by atoms with Gasteiger partial charge in [-0.05, 0) is 43.8 Å². The number of nitrogens with one attached hydrogen (secondary N) is 1. The zero-order valence-corrected chi connectivity index (χ0v) is 11.2. The van der Waals surface area contributed by atoms with Crippen LogP contribution in [0.15, 0.2) is 36.0 Å². The van der Waals surface area contributed by atoms with Gasteiger partial charge in [-0.1, -0.05) is 6.07 Å². The number of aryl methyl sites for hydroxylation is 1. The molecular formula is C14H17FN2S. The lowest BCUT2D eigenvalue weighted by atomic mass is 10.0. The van der Waals surface area contributed by atoms with Crippen molar-refractivity contribution in [2.75, 3.05) is 7.05 Å². The Kier molecular flexibility index (Phi) is 4.84. The van der Waals surface area contributed by atoms with Crippen LogP contribution >= 0.6 is 11.3 Å². The van der Waals surface area contributed by atoms with Gasteiger partial charge in [0.05, 0.1) is 6.20 Å². The zero-order chi connectivity index (χ0) is 12.8. The molecule has 2 nitrogen and oxygen atoms in total. The summed E-state index contributed by atoms with van der Waals surface area (Å²) in [5.74, 6) is -0.229. The molecule has 96 valence electrons. The minimum absolute atomic E-state index is 0.0629. The van der Waals surface area contributed by atoms with Crippen molar-refractivity contribution in [1.29, 1.82) is 0 Å². The largest absolute Gasteiger partial charge is 0.313 e. The summed E-state index contributed by atoms with van der Waals surface area (Å²) in [6.07, 6.45) is 5.95. The topological polar surface area (TPSA) is 24.9 Å². The number of hydrogen-bond donors (Lipinski definition) is 1. The fourth-order valence-electron chi connectivity index (χ4n) is 2.06. The summed E-state index contributed by atoms with van der Waals surface area (Å²) in [5, 5.41) is 5.27. The zero-order valence-electron chi connectivity index (χ0n) is 10.4. The van der Waals surface area contributed by atoms with E-state index in [9.17, 15) is 4.39 Å². The van der Waals surface area contributed by atoms with Crippen molar-refractivity contribution >= 4 is 11.3 Å². The van der Waals surface area contributed by atoms with E-state index in [1.165, 1.54) is 11.1 Å². The van der Waals surface area contributed by atoms with Gasteiger partial charge in [-0.15, -0.1) is 11.3 Å². The maximum atomic E-state index is 13.6. The van der Waals surface area contributed by atoms with Crippen molar-refractivity contribution in [2.45, 2.75) is 25.3 Å². The minimum Gasteiger partial charge on any atom is -0.313 e. The van der Waals surface area contributed by atoms with Crippen LogP contribution in [0.25, 0.3) is 0 Å². The van der Waals surface area contributed by atoms with Gasteiger partial charge in [0, 0.05) is 22.7 Å². The monoisotopic (exact) mass is 264 g/mol. The van der Waals surface area contributed by atoms with Gasteiger partial charge in [0.25, 0.3) is 0 Å². The molecule has 0 aromatic carbocycles. The third kappa shape index (κ3) is 3.37. The van der Waals surface area contributed by atoms with Crippen molar-refractivity contribution in [3.05, 3.63) is 52.2 Å². The SMILES string of the molecule is CNC(CCCc1cccs1)c1ccncc1F. The predicted molar refractivity (Wildman–Crippen MR) is 73.3 cm³/mol. The Balaban J connectivity index is 1.91. The van der Waals surface area contributed by atoms with E-state index in [1.807, 2.05) is 7.05 Å². The molecule has 4 heteroatoms. The smallest absolute Gasteiger partial charge is 0.146 e. The summed E-state index contributed by atoms with van der Waals surface area (Å²) in [5.41, 5.74) is 0.707. The Morgan fingerprint density at radius 1 is 1.44 bits per heavy atom. The molecule has 0 spiro atoms. The van der Waals surface area contributed by atoms with Crippen molar-refractivity contribution in [3.63, 3.8) is 0 Å². The fourth-order valence-corrected chi connectivity index (χ4v) is 2.81. The van der Waals surface area contributed by atoms with Crippen molar-refractivity contribution in [1.82, 2.24) is 10.3 Å². The van der Waals surface area contributed by atoms with Crippen LogP contribution in [0.3, 0.4) is 0 Å². The normalized spacial score (nSPS) is 12.6. The van der Waals surface area contributed by atoms with E-state index in [4.69, 9.17) is 0 Å². The van der Waals surface area contributed by atoms with E-state index in [1.54, 1.807) is 23.6 Å². The number of pyridine rings is 1. The Bertz CT molecular complexity index is 470. The third-order valence-corrected chi connectivity index (χ3v) is 3.96. The van der Waals surface area contributed by atoms with E-state index in [-0.39, 0.29) is 11.9 Å². The average Bonchev–Trinajstić information content (AvgIpc) is 2.89. The molecule has 0 aliphatic carbocycles. The first-order chi connectivity index (χ1) is 8.81. The molecule has 2 heterocycles. The van der Waals surface area contributed by atoms with E-state index in [2.05, 4.69) is 27.8 Å². The molecule has 2 aromatic rings. The van der Waals surface area contributed by atoms with Gasteiger partial charge in [0.15, 0.2) is 0 Å². The van der Waals surface area contributed by atoms with E-state index in [0.717, 1.165) is 19.3 Å². The number of nitrogens with zero attached hydrogens (tertiary/aromatic N) is 1. The summed E-state index contributed by atoms with van der Waals surface area (Å²) >= 11 is 1.78. The lowest BCUT2D eigenvalue weighted by Crippen LogP contribution is -2.18. The molecule has 1 atom stereocenters. The molecule has 2 rings (SSSR count). The maximum absolute atomic E-state index is 13.6. The molecule has 1 unspecified atom stereocenters. The second-order valence-electron chi connectivity index (χ2n) is 4.21. The summed E-state index contributed by atoms with van der Waals surface area (Å²) in [4.78, 5) is 5.17. The van der Waals surface area contributed by atoms with E-state index < -0.39 is 0 Å².